The number of nitrogens with one attached hydrogen (secondary N) is 1. The number of rotatable bonds is 4. The molecule has 0 aliphatic carbocycles. The Morgan fingerprint density at radius 3 is 2.58 bits per heavy atom. The van der Waals surface area contributed by atoms with E-state index in [9.17, 15) is 14.4 Å². The number of aromatic nitrogens is 4. The predicted octanol–water partition coefficient (Wildman–Crippen LogP) is 2.04. The highest BCUT2D eigenvalue weighted by Gasteiger charge is 2.33. The molecule has 1 unspecified atom stereocenters. The second-order valence-electron chi connectivity index (χ2n) is 8.47. The first-order valence-electron chi connectivity index (χ1n) is 11.2. The molecule has 2 aromatic rings. The largest absolute Gasteiger partial charge is 0.339 e. The van der Waals surface area contributed by atoms with Gasteiger partial charge in [0.05, 0.1) is 29.2 Å². The molecule has 1 atom stereocenters. The van der Waals surface area contributed by atoms with Gasteiger partial charge < -0.3 is 9.80 Å². The summed E-state index contributed by atoms with van der Waals surface area (Å²) in [6.45, 7) is 3.79. The Labute approximate surface area is 181 Å². The highest BCUT2D eigenvalue weighted by Crippen LogP contribution is 2.32. The zero-order chi connectivity index (χ0) is 21.8. The Morgan fingerprint density at radius 2 is 1.81 bits per heavy atom. The van der Waals surface area contributed by atoms with E-state index in [-0.39, 0.29) is 30.0 Å². The molecule has 2 fully saturated rings. The van der Waals surface area contributed by atoms with Gasteiger partial charge in [0, 0.05) is 25.7 Å². The predicted molar refractivity (Wildman–Crippen MR) is 114 cm³/mol. The minimum absolute atomic E-state index is 0.0137. The molecule has 2 aliphatic rings. The maximum atomic E-state index is 13.2. The lowest BCUT2D eigenvalue weighted by Gasteiger charge is -2.36. The first-order valence-corrected chi connectivity index (χ1v) is 11.2. The SMILES string of the molecule is Cc1ccc(=O)n(CC(=O)N2CCCCC2c2[nH]ncc2C(=O)N2CCCCCC2)n1. The van der Waals surface area contributed by atoms with E-state index in [1.165, 1.54) is 10.7 Å². The summed E-state index contributed by atoms with van der Waals surface area (Å²) in [6, 6.07) is 2.81. The summed E-state index contributed by atoms with van der Waals surface area (Å²) in [4.78, 5) is 42.2. The van der Waals surface area contributed by atoms with Crippen molar-refractivity contribution in [3.8, 4) is 0 Å². The third-order valence-corrected chi connectivity index (χ3v) is 6.23. The summed E-state index contributed by atoms with van der Waals surface area (Å²) < 4.78 is 1.21. The molecular weight excluding hydrogens is 396 g/mol. The minimum atomic E-state index is -0.300. The molecule has 0 saturated carbocycles. The van der Waals surface area contributed by atoms with E-state index in [0.29, 0.717) is 23.5 Å². The van der Waals surface area contributed by atoms with Crippen molar-refractivity contribution in [1.29, 1.82) is 0 Å². The summed E-state index contributed by atoms with van der Waals surface area (Å²) in [7, 11) is 0. The van der Waals surface area contributed by atoms with Crippen LogP contribution in [0.1, 0.15) is 72.7 Å². The third kappa shape index (κ3) is 4.70. The normalized spacial score (nSPS) is 19.8. The van der Waals surface area contributed by atoms with Crippen molar-refractivity contribution in [2.24, 2.45) is 0 Å². The summed E-state index contributed by atoms with van der Waals surface area (Å²) in [5.41, 5.74) is 1.64. The molecule has 0 bridgehead atoms. The molecule has 1 N–H and O–H groups in total. The Kier molecular flexibility index (Phi) is 6.48. The van der Waals surface area contributed by atoms with Crippen LogP contribution in [0.4, 0.5) is 0 Å². The smallest absolute Gasteiger partial charge is 0.267 e. The number of aryl methyl sites for hydroxylation is 1. The van der Waals surface area contributed by atoms with Crippen LogP contribution >= 0.6 is 0 Å². The van der Waals surface area contributed by atoms with Gasteiger partial charge in [0.15, 0.2) is 0 Å². The lowest BCUT2D eigenvalue weighted by atomic mass is 9.96. The first-order chi connectivity index (χ1) is 15.0. The molecule has 9 heteroatoms. The van der Waals surface area contributed by atoms with Gasteiger partial charge in [0.25, 0.3) is 11.5 Å². The van der Waals surface area contributed by atoms with Crippen LogP contribution in [0.25, 0.3) is 0 Å². The molecule has 0 aromatic carbocycles. The highest BCUT2D eigenvalue weighted by atomic mass is 16.2. The van der Waals surface area contributed by atoms with Gasteiger partial charge in [-0.15, -0.1) is 0 Å². The van der Waals surface area contributed by atoms with Crippen molar-refractivity contribution in [1.82, 2.24) is 29.8 Å². The molecule has 2 amide bonds. The van der Waals surface area contributed by atoms with E-state index in [2.05, 4.69) is 15.3 Å². The number of likely N-dealkylation sites (tertiary alicyclic amines) is 2. The third-order valence-electron chi connectivity index (χ3n) is 6.23. The van der Waals surface area contributed by atoms with Gasteiger partial charge >= 0.3 is 0 Å². The van der Waals surface area contributed by atoms with Gasteiger partial charge in [-0.25, -0.2) is 4.68 Å². The van der Waals surface area contributed by atoms with E-state index in [4.69, 9.17) is 0 Å². The number of hydrogen-bond donors (Lipinski definition) is 1. The number of amides is 2. The molecule has 31 heavy (non-hydrogen) atoms. The Balaban J connectivity index is 1.56. The van der Waals surface area contributed by atoms with Crippen molar-refractivity contribution < 1.29 is 9.59 Å². The fourth-order valence-corrected chi connectivity index (χ4v) is 4.58. The van der Waals surface area contributed by atoms with Gasteiger partial charge in [-0.05, 0) is 45.1 Å². The van der Waals surface area contributed by atoms with Crippen LogP contribution in [0.3, 0.4) is 0 Å². The molecule has 2 aliphatic heterocycles. The van der Waals surface area contributed by atoms with Crippen LogP contribution in [0, 0.1) is 6.92 Å². The second kappa shape index (κ2) is 9.45. The van der Waals surface area contributed by atoms with E-state index in [1.54, 1.807) is 24.1 Å². The minimum Gasteiger partial charge on any atom is -0.339 e. The van der Waals surface area contributed by atoms with Crippen LogP contribution < -0.4 is 5.56 Å². The summed E-state index contributed by atoms with van der Waals surface area (Å²) >= 11 is 0. The number of H-pyrrole nitrogens is 1. The van der Waals surface area contributed by atoms with Crippen molar-refractivity contribution >= 4 is 11.8 Å². The van der Waals surface area contributed by atoms with Crippen molar-refractivity contribution in [3.63, 3.8) is 0 Å². The maximum absolute atomic E-state index is 13.2. The molecule has 4 heterocycles. The quantitative estimate of drug-likeness (QED) is 0.806. The topological polar surface area (TPSA) is 104 Å². The molecule has 0 spiro atoms. The second-order valence-corrected chi connectivity index (χ2v) is 8.47. The van der Waals surface area contributed by atoms with E-state index in [1.807, 2.05) is 4.90 Å². The van der Waals surface area contributed by atoms with Crippen molar-refractivity contribution in [2.45, 2.75) is 64.5 Å². The molecule has 166 valence electrons. The first kappa shape index (κ1) is 21.3. The van der Waals surface area contributed by atoms with Gasteiger partial charge in [0.2, 0.25) is 5.91 Å². The fraction of sp³-hybridized carbons (Fsp3) is 0.591. The monoisotopic (exact) mass is 426 g/mol. The molecule has 2 saturated heterocycles. The number of piperidine rings is 1. The van der Waals surface area contributed by atoms with E-state index in [0.717, 1.165) is 58.0 Å². The maximum Gasteiger partial charge on any atom is 0.267 e. The highest BCUT2D eigenvalue weighted by molar-refractivity contribution is 5.95. The van der Waals surface area contributed by atoms with E-state index >= 15 is 0 Å². The van der Waals surface area contributed by atoms with Crippen LogP contribution in [0.2, 0.25) is 0 Å². The zero-order valence-electron chi connectivity index (χ0n) is 18.0. The van der Waals surface area contributed by atoms with Gasteiger partial charge in [-0.1, -0.05) is 12.8 Å². The molecule has 2 aromatic heterocycles. The van der Waals surface area contributed by atoms with Crippen molar-refractivity contribution in [2.75, 3.05) is 19.6 Å². The number of carbonyl (C=O) groups is 2. The molecular formula is C22H30N6O3. The zero-order valence-corrected chi connectivity index (χ0v) is 18.0. The van der Waals surface area contributed by atoms with Crippen LogP contribution in [-0.4, -0.2) is 61.2 Å². The molecule has 0 radical (unpaired) electrons. The number of hydrogen-bond acceptors (Lipinski definition) is 5. The van der Waals surface area contributed by atoms with Gasteiger partial charge in [-0.2, -0.15) is 10.2 Å². The van der Waals surface area contributed by atoms with Crippen LogP contribution in [-0.2, 0) is 11.3 Å². The average Bonchev–Trinajstić information content (AvgIpc) is 3.10. The number of nitrogens with zero attached hydrogens (tertiary/aromatic N) is 5. The van der Waals surface area contributed by atoms with Crippen LogP contribution in [0.5, 0.6) is 0 Å². The van der Waals surface area contributed by atoms with Gasteiger partial charge in [0.1, 0.15) is 6.54 Å². The van der Waals surface area contributed by atoms with Gasteiger partial charge in [-0.3, -0.25) is 19.5 Å². The molecule has 9 nitrogen and oxygen atoms in total. The van der Waals surface area contributed by atoms with Crippen LogP contribution in [0.15, 0.2) is 23.1 Å². The van der Waals surface area contributed by atoms with Crippen molar-refractivity contribution in [3.05, 3.63) is 45.6 Å². The summed E-state index contributed by atoms with van der Waals surface area (Å²) in [5.74, 6) is -0.187. The molecule has 4 rings (SSSR count). The Bertz CT molecular complexity index is 989. The Morgan fingerprint density at radius 1 is 1.06 bits per heavy atom. The summed E-state index contributed by atoms with van der Waals surface area (Å²) in [5, 5.41) is 11.4. The number of carbonyl (C=O) groups excluding carboxylic acids is 2. The van der Waals surface area contributed by atoms with E-state index < -0.39 is 0 Å². The lowest BCUT2D eigenvalue weighted by molar-refractivity contribution is -0.136. The number of aromatic amines is 1. The Hall–Kier alpha value is -2.97. The average molecular weight is 427 g/mol. The summed E-state index contributed by atoms with van der Waals surface area (Å²) in [6.07, 6.45) is 8.54. The lowest BCUT2D eigenvalue weighted by Crippen LogP contribution is -2.43. The standard InChI is InChI=1S/C22H30N6O3/c1-16-9-10-19(29)28(25-16)15-20(30)27-13-7-4-8-18(27)21-17(14-23-24-21)22(31)26-11-5-2-3-6-12-26/h9-10,14,18H,2-8,11-13,15H2,1H3,(H,23,24). The fourth-order valence-electron chi connectivity index (χ4n) is 4.58.